The summed E-state index contributed by atoms with van der Waals surface area (Å²) in [6.45, 7) is 3.62. The van der Waals surface area contributed by atoms with Crippen LogP contribution in [0, 0.1) is 0 Å². The Balaban J connectivity index is 2.78. The van der Waals surface area contributed by atoms with Crippen molar-refractivity contribution in [2.24, 2.45) is 0 Å². The predicted octanol–water partition coefficient (Wildman–Crippen LogP) is 2.39. The number of Topliss-reactive ketones (excluding diaryl/α,β-unsaturated/α-hetero) is 1. The summed E-state index contributed by atoms with van der Waals surface area (Å²) in [4.78, 5) is 11.0. The molecule has 0 radical (unpaired) electrons. The third-order valence-electron chi connectivity index (χ3n) is 1.89. The molecule has 0 N–H and O–H groups in total. The zero-order chi connectivity index (χ0) is 12.2. The van der Waals surface area contributed by atoms with Gasteiger partial charge in [-0.15, -0.1) is 0 Å². The number of carbonyl (C=O) groups is 1. The monoisotopic (exact) mass is 233 g/mol. The zero-order valence-corrected chi connectivity index (χ0v) is 8.33. The molecular formula is C10H10F3NO2. The number of nitrogens with zero attached hydrogens (tertiary/aromatic N) is 1. The SMILES string of the molecule is C=COCCn1cccc1C(=O)C(F)(F)F. The van der Waals surface area contributed by atoms with E-state index in [9.17, 15) is 18.0 Å². The largest absolute Gasteiger partial charge is 0.500 e. The van der Waals surface area contributed by atoms with Crippen LogP contribution in [0.3, 0.4) is 0 Å². The molecule has 0 saturated carbocycles. The number of hydrogen-bond donors (Lipinski definition) is 0. The summed E-state index contributed by atoms with van der Waals surface area (Å²) in [5.41, 5.74) is -0.389. The van der Waals surface area contributed by atoms with Gasteiger partial charge in [-0.3, -0.25) is 4.79 Å². The molecule has 0 saturated heterocycles. The van der Waals surface area contributed by atoms with E-state index in [-0.39, 0.29) is 18.8 Å². The van der Waals surface area contributed by atoms with Crippen molar-refractivity contribution in [3.8, 4) is 0 Å². The average molecular weight is 233 g/mol. The van der Waals surface area contributed by atoms with Gasteiger partial charge in [0.25, 0.3) is 5.78 Å². The van der Waals surface area contributed by atoms with Crippen LogP contribution < -0.4 is 0 Å². The van der Waals surface area contributed by atoms with E-state index >= 15 is 0 Å². The van der Waals surface area contributed by atoms with Crippen molar-refractivity contribution < 1.29 is 22.7 Å². The van der Waals surface area contributed by atoms with Crippen LogP contribution in [0.1, 0.15) is 10.5 Å². The number of carbonyl (C=O) groups excluding carboxylic acids is 1. The third-order valence-corrected chi connectivity index (χ3v) is 1.89. The van der Waals surface area contributed by atoms with Crippen LogP contribution in [0.4, 0.5) is 13.2 Å². The fraction of sp³-hybridized carbons (Fsp3) is 0.300. The first-order valence-electron chi connectivity index (χ1n) is 4.46. The standard InChI is InChI=1S/C10H10F3NO2/c1-2-16-7-6-14-5-3-4-8(14)9(15)10(11,12)13/h2-5H,1,6-7H2. The second kappa shape index (κ2) is 4.87. The number of aromatic nitrogens is 1. The van der Waals surface area contributed by atoms with E-state index in [4.69, 9.17) is 4.74 Å². The molecule has 88 valence electrons. The second-order valence-corrected chi connectivity index (χ2v) is 2.95. The molecule has 0 spiro atoms. The van der Waals surface area contributed by atoms with Crippen molar-refractivity contribution in [3.63, 3.8) is 0 Å². The highest BCUT2D eigenvalue weighted by Crippen LogP contribution is 2.21. The van der Waals surface area contributed by atoms with E-state index in [1.807, 2.05) is 0 Å². The first-order valence-corrected chi connectivity index (χ1v) is 4.46. The van der Waals surface area contributed by atoms with Crippen LogP contribution in [0.15, 0.2) is 31.2 Å². The lowest BCUT2D eigenvalue weighted by molar-refractivity contribution is -0.0890. The molecule has 0 aromatic carbocycles. The summed E-state index contributed by atoms with van der Waals surface area (Å²) >= 11 is 0. The summed E-state index contributed by atoms with van der Waals surface area (Å²) in [7, 11) is 0. The minimum absolute atomic E-state index is 0.163. The van der Waals surface area contributed by atoms with E-state index < -0.39 is 12.0 Å². The summed E-state index contributed by atoms with van der Waals surface area (Å²) in [5, 5.41) is 0. The molecule has 0 unspecified atom stereocenters. The van der Waals surface area contributed by atoms with Gasteiger partial charge in [0.2, 0.25) is 0 Å². The quantitative estimate of drug-likeness (QED) is 0.444. The van der Waals surface area contributed by atoms with Gasteiger partial charge in [0.15, 0.2) is 0 Å². The molecular weight excluding hydrogens is 223 g/mol. The Morgan fingerprint density at radius 3 is 2.81 bits per heavy atom. The highest BCUT2D eigenvalue weighted by Gasteiger charge is 2.40. The summed E-state index contributed by atoms with van der Waals surface area (Å²) in [5.74, 6) is -1.85. The number of halogens is 3. The minimum Gasteiger partial charge on any atom is -0.500 e. The molecule has 0 amide bonds. The molecule has 1 aromatic rings. The Hall–Kier alpha value is -1.72. The lowest BCUT2D eigenvalue weighted by Crippen LogP contribution is -2.25. The summed E-state index contributed by atoms with van der Waals surface area (Å²) in [6.07, 6.45) is -2.27. The lowest BCUT2D eigenvalue weighted by atomic mass is 10.3. The highest BCUT2D eigenvalue weighted by molar-refractivity contribution is 5.98. The van der Waals surface area contributed by atoms with Crippen molar-refractivity contribution in [2.75, 3.05) is 6.61 Å². The van der Waals surface area contributed by atoms with Gasteiger partial charge in [0.05, 0.1) is 18.5 Å². The fourth-order valence-corrected chi connectivity index (χ4v) is 1.19. The first kappa shape index (κ1) is 12.4. The number of ether oxygens (including phenoxy) is 1. The Kier molecular flexibility index (Phi) is 3.76. The van der Waals surface area contributed by atoms with Gasteiger partial charge in [-0.05, 0) is 12.1 Å². The molecule has 0 aliphatic rings. The van der Waals surface area contributed by atoms with E-state index in [1.54, 1.807) is 0 Å². The van der Waals surface area contributed by atoms with Crippen LogP contribution in [-0.4, -0.2) is 23.1 Å². The maximum absolute atomic E-state index is 12.2. The van der Waals surface area contributed by atoms with Crippen LogP contribution in [0.25, 0.3) is 0 Å². The maximum Gasteiger partial charge on any atom is 0.456 e. The Bertz CT molecular complexity index is 382. The molecule has 0 atom stereocenters. The highest BCUT2D eigenvalue weighted by atomic mass is 19.4. The van der Waals surface area contributed by atoms with E-state index in [2.05, 4.69) is 6.58 Å². The van der Waals surface area contributed by atoms with Gasteiger partial charge in [-0.1, -0.05) is 6.58 Å². The number of hydrogen-bond acceptors (Lipinski definition) is 2. The summed E-state index contributed by atoms with van der Waals surface area (Å²) < 4.78 is 42.5. The summed E-state index contributed by atoms with van der Waals surface area (Å²) in [6, 6.07) is 2.51. The molecule has 6 heteroatoms. The molecule has 0 aliphatic heterocycles. The van der Waals surface area contributed by atoms with Gasteiger partial charge in [0, 0.05) is 6.20 Å². The number of rotatable bonds is 5. The molecule has 1 rings (SSSR count). The van der Waals surface area contributed by atoms with Gasteiger partial charge in [-0.2, -0.15) is 13.2 Å². The first-order chi connectivity index (χ1) is 7.46. The van der Waals surface area contributed by atoms with Gasteiger partial charge in [0.1, 0.15) is 6.61 Å². The van der Waals surface area contributed by atoms with Crippen molar-refractivity contribution >= 4 is 5.78 Å². The topological polar surface area (TPSA) is 31.2 Å². The minimum atomic E-state index is -4.85. The lowest BCUT2D eigenvalue weighted by Gasteiger charge is -2.09. The molecule has 1 heterocycles. The smallest absolute Gasteiger partial charge is 0.456 e. The molecule has 0 fully saturated rings. The van der Waals surface area contributed by atoms with Gasteiger partial charge >= 0.3 is 6.18 Å². The van der Waals surface area contributed by atoms with Crippen molar-refractivity contribution in [1.82, 2.24) is 4.57 Å². The van der Waals surface area contributed by atoms with Crippen LogP contribution in [0.2, 0.25) is 0 Å². The average Bonchev–Trinajstić information content (AvgIpc) is 2.64. The van der Waals surface area contributed by atoms with E-state index in [0.29, 0.717) is 0 Å². The number of alkyl halides is 3. The normalized spacial score (nSPS) is 11.2. The molecule has 0 aliphatic carbocycles. The molecule has 3 nitrogen and oxygen atoms in total. The van der Waals surface area contributed by atoms with E-state index in [1.165, 1.54) is 23.1 Å². The Morgan fingerprint density at radius 1 is 1.56 bits per heavy atom. The van der Waals surface area contributed by atoms with Crippen molar-refractivity contribution in [1.29, 1.82) is 0 Å². The fourth-order valence-electron chi connectivity index (χ4n) is 1.19. The predicted molar refractivity (Wildman–Crippen MR) is 51.0 cm³/mol. The van der Waals surface area contributed by atoms with Crippen LogP contribution in [-0.2, 0) is 11.3 Å². The second-order valence-electron chi connectivity index (χ2n) is 2.95. The third kappa shape index (κ3) is 2.88. The number of ketones is 1. The molecule has 16 heavy (non-hydrogen) atoms. The van der Waals surface area contributed by atoms with Gasteiger partial charge in [-0.25, -0.2) is 0 Å². The Labute approximate surface area is 90.1 Å². The zero-order valence-electron chi connectivity index (χ0n) is 8.33. The van der Waals surface area contributed by atoms with Gasteiger partial charge < -0.3 is 9.30 Å². The molecule has 0 bridgehead atoms. The van der Waals surface area contributed by atoms with Crippen molar-refractivity contribution in [3.05, 3.63) is 36.9 Å². The molecule has 1 aromatic heterocycles. The van der Waals surface area contributed by atoms with Crippen LogP contribution >= 0.6 is 0 Å². The maximum atomic E-state index is 12.2. The van der Waals surface area contributed by atoms with Crippen LogP contribution in [0.5, 0.6) is 0 Å². The van der Waals surface area contributed by atoms with E-state index in [0.717, 1.165) is 6.07 Å². The van der Waals surface area contributed by atoms with Crippen molar-refractivity contribution in [2.45, 2.75) is 12.7 Å². The Morgan fingerprint density at radius 2 is 2.25 bits per heavy atom.